The summed E-state index contributed by atoms with van der Waals surface area (Å²) in [5.41, 5.74) is 2.40. The quantitative estimate of drug-likeness (QED) is 0.774. The van der Waals surface area contributed by atoms with Crippen LogP contribution < -0.4 is 4.90 Å². The third kappa shape index (κ3) is 2.78. The lowest BCUT2D eigenvalue weighted by molar-refractivity contribution is -0.180. The molecule has 1 aromatic carbocycles. The number of benzene rings is 1. The van der Waals surface area contributed by atoms with Gasteiger partial charge in [0.2, 0.25) is 0 Å². The number of carbonyl (C=O) groups is 1. The van der Waals surface area contributed by atoms with Gasteiger partial charge in [-0.2, -0.15) is 0 Å². The molecule has 7 nitrogen and oxygen atoms in total. The summed E-state index contributed by atoms with van der Waals surface area (Å²) in [6.45, 7) is 1.96. The first-order chi connectivity index (χ1) is 13.7. The summed E-state index contributed by atoms with van der Waals surface area (Å²) in [5.74, 6) is -1.34. The number of amides is 1. The van der Waals surface area contributed by atoms with Crippen LogP contribution in [-0.2, 0) is 26.6 Å². The number of carbonyl (C=O) groups excluding carboxylic acids is 1. The number of ether oxygens (including phenoxy) is 2. The first-order valence-electron chi connectivity index (χ1n) is 9.32. The molecule has 1 spiro atoms. The standard InChI is InChI=1S/C20H19ClN4O3/c21-15-6-7-18-16(12-15)20(27-10-11-28-20)19(26)25(18)9-3-8-24-13-17(22-23-24)14-4-1-2-5-14/h1-2,4-7,12-14H,3,8-11H2. The largest absolute Gasteiger partial charge is 0.336 e. The van der Waals surface area contributed by atoms with Gasteiger partial charge in [-0.05, 0) is 24.6 Å². The van der Waals surface area contributed by atoms with Crippen molar-refractivity contribution in [2.24, 2.45) is 0 Å². The number of hydrogen-bond acceptors (Lipinski definition) is 5. The van der Waals surface area contributed by atoms with Crippen LogP contribution in [-0.4, -0.2) is 40.7 Å². The van der Waals surface area contributed by atoms with Crippen molar-refractivity contribution in [3.05, 3.63) is 65.0 Å². The summed E-state index contributed by atoms with van der Waals surface area (Å²) in [4.78, 5) is 14.8. The summed E-state index contributed by atoms with van der Waals surface area (Å²) in [6.07, 6.45) is 10.9. The Morgan fingerprint density at radius 2 is 1.96 bits per heavy atom. The number of fused-ring (bicyclic) bond motifs is 2. The van der Waals surface area contributed by atoms with E-state index in [1.54, 1.807) is 17.0 Å². The Labute approximate surface area is 167 Å². The fourth-order valence-electron chi connectivity index (χ4n) is 3.92. The molecule has 1 fully saturated rings. The lowest BCUT2D eigenvalue weighted by Crippen LogP contribution is -2.41. The molecule has 1 amide bonds. The van der Waals surface area contributed by atoms with Crippen molar-refractivity contribution >= 4 is 23.2 Å². The third-order valence-electron chi connectivity index (χ3n) is 5.24. The predicted molar refractivity (Wildman–Crippen MR) is 103 cm³/mol. The predicted octanol–water partition coefficient (Wildman–Crippen LogP) is 2.78. The highest BCUT2D eigenvalue weighted by Crippen LogP contribution is 2.46. The molecule has 1 saturated heterocycles. The molecule has 5 rings (SSSR count). The van der Waals surface area contributed by atoms with E-state index in [-0.39, 0.29) is 11.8 Å². The molecule has 0 saturated carbocycles. The van der Waals surface area contributed by atoms with Crippen LogP contribution in [0.3, 0.4) is 0 Å². The van der Waals surface area contributed by atoms with E-state index in [2.05, 4.69) is 22.5 Å². The molecule has 1 aliphatic carbocycles. The minimum absolute atomic E-state index is 0.192. The first kappa shape index (κ1) is 17.6. The van der Waals surface area contributed by atoms with Crippen molar-refractivity contribution < 1.29 is 14.3 Å². The molecule has 0 radical (unpaired) electrons. The molecule has 0 unspecified atom stereocenters. The maximum Gasteiger partial charge on any atom is 0.292 e. The summed E-state index contributed by atoms with van der Waals surface area (Å²) in [7, 11) is 0. The maximum absolute atomic E-state index is 13.1. The molecule has 3 heterocycles. The van der Waals surface area contributed by atoms with Crippen molar-refractivity contribution in [3.8, 4) is 0 Å². The van der Waals surface area contributed by atoms with Gasteiger partial charge in [-0.3, -0.25) is 9.48 Å². The lowest BCUT2D eigenvalue weighted by Gasteiger charge is -2.22. The van der Waals surface area contributed by atoms with Gasteiger partial charge in [-0.25, -0.2) is 0 Å². The molecule has 0 bridgehead atoms. The van der Waals surface area contributed by atoms with E-state index in [0.29, 0.717) is 36.9 Å². The Kier molecular flexibility index (Phi) is 4.30. The van der Waals surface area contributed by atoms with Crippen LogP contribution >= 0.6 is 11.6 Å². The van der Waals surface area contributed by atoms with Crippen molar-refractivity contribution in [1.29, 1.82) is 0 Å². The summed E-state index contributed by atoms with van der Waals surface area (Å²) in [5, 5.41) is 8.99. The number of anilines is 1. The van der Waals surface area contributed by atoms with Crippen LogP contribution in [0.25, 0.3) is 0 Å². The fraction of sp³-hybridized carbons (Fsp3) is 0.350. The van der Waals surface area contributed by atoms with E-state index < -0.39 is 5.79 Å². The average molecular weight is 399 g/mol. The third-order valence-corrected chi connectivity index (χ3v) is 5.47. The van der Waals surface area contributed by atoms with Crippen molar-refractivity contribution in [2.45, 2.75) is 24.7 Å². The zero-order chi connectivity index (χ0) is 19.1. The number of aryl methyl sites for hydroxylation is 1. The van der Waals surface area contributed by atoms with Crippen molar-refractivity contribution in [3.63, 3.8) is 0 Å². The SMILES string of the molecule is O=C1N(CCCn2cc(C3C=CC=C3)nn2)c2ccc(Cl)cc2C12OCCO2. The van der Waals surface area contributed by atoms with Crippen LogP contribution in [0.1, 0.15) is 23.6 Å². The number of aromatic nitrogens is 3. The van der Waals surface area contributed by atoms with E-state index in [1.807, 2.05) is 29.1 Å². The summed E-state index contributed by atoms with van der Waals surface area (Å²) >= 11 is 6.15. The van der Waals surface area contributed by atoms with Crippen LogP contribution in [0.5, 0.6) is 0 Å². The minimum Gasteiger partial charge on any atom is -0.336 e. The Balaban J connectivity index is 1.30. The molecule has 0 N–H and O–H groups in total. The highest BCUT2D eigenvalue weighted by Gasteiger charge is 2.55. The fourth-order valence-corrected chi connectivity index (χ4v) is 4.09. The Morgan fingerprint density at radius 3 is 2.75 bits per heavy atom. The van der Waals surface area contributed by atoms with Crippen LogP contribution in [0.4, 0.5) is 5.69 Å². The highest BCUT2D eigenvalue weighted by atomic mass is 35.5. The molecule has 0 atom stereocenters. The van der Waals surface area contributed by atoms with Crippen molar-refractivity contribution in [2.75, 3.05) is 24.7 Å². The number of rotatable bonds is 5. The van der Waals surface area contributed by atoms with Gasteiger partial charge in [0.1, 0.15) is 0 Å². The van der Waals surface area contributed by atoms with E-state index in [9.17, 15) is 4.79 Å². The molecular weight excluding hydrogens is 380 g/mol. The van der Waals surface area contributed by atoms with Gasteiger partial charge < -0.3 is 14.4 Å². The first-order valence-corrected chi connectivity index (χ1v) is 9.70. The van der Waals surface area contributed by atoms with Gasteiger partial charge in [-0.15, -0.1) is 5.10 Å². The molecule has 1 aromatic heterocycles. The smallest absolute Gasteiger partial charge is 0.292 e. The normalized spacial score (nSPS) is 20.0. The number of halogens is 1. The van der Waals surface area contributed by atoms with Gasteiger partial charge in [0, 0.05) is 35.8 Å². The highest BCUT2D eigenvalue weighted by molar-refractivity contribution is 6.31. The van der Waals surface area contributed by atoms with E-state index >= 15 is 0 Å². The van der Waals surface area contributed by atoms with Gasteiger partial charge in [0.25, 0.3) is 11.7 Å². The van der Waals surface area contributed by atoms with Gasteiger partial charge in [0.05, 0.1) is 24.6 Å². The topological polar surface area (TPSA) is 69.5 Å². The minimum atomic E-state index is -1.35. The number of hydrogen-bond donors (Lipinski definition) is 0. The van der Waals surface area contributed by atoms with Crippen molar-refractivity contribution in [1.82, 2.24) is 15.0 Å². The molecule has 3 aliphatic rings. The maximum atomic E-state index is 13.1. The molecule has 2 aromatic rings. The van der Waals surface area contributed by atoms with Crippen LogP contribution in [0.15, 0.2) is 48.7 Å². The Bertz CT molecular complexity index is 966. The number of nitrogens with zero attached hydrogens (tertiary/aromatic N) is 4. The second-order valence-corrected chi connectivity index (χ2v) is 7.42. The zero-order valence-electron chi connectivity index (χ0n) is 15.1. The van der Waals surface area contributed by atoms with E-state index in [0.717, 1.165) is 17.8 Å². The Hall–Kier alpha value is -2.48. The Morgan fingerprint density at radius 1 is 1.18 bits per heavy atom. The molecule has 144 valence electrons. The molecule has 8 heteroatoms. The summed E-state index contributed by atoms with van der Waals surface area (Å²) in [6, 6.07) is 5.38. The molecular formula is C20H19ClN4O3. The molecule has 28 heavy (non-hydrogen) atoms. The van der Waals surface area contributed by atoms with Crippen LogP contribution in [0.2, 0.25) is 5.02 Å². The second-order valence-electron chi connectivity index (χ2n) is 6.99. The number of allylic oxidation sites excluding steroid dienone is 4. The summed E-state index contributed by atoms with van der Waals surface area (Å²) < 4.78 is 13.3. The molecule has 2 aliphatic heterocycles. The van der Waals surface area contributed by atoms with E-state index in [4.69, 9.17) is 21.1 Å². The monoisotopic (exact) mass is 398 g/mol. The zero-order valence-corrected chi connectivity index (χ0v) is 15.9. The lowest BCUT2D eigenvalue weighted by atomic mass is 10.1. The van der Waals surface area contributed by atoms with Crippen LogP contribution in [0, 0.1) is 0 Å². The van der Waals surface area contributed by atoms with Gasteiger partial charge in [0.15, 0.2) is 0 Å². The van der Waals surface area contributed by atoms with Gasteiger partial charge in [-0.1, -0.05) is 41.1 Å². The van der Waals surface area contributed by atoms with E-state index in [1.165, 1.54) is 0 Å². The van der Waals surface area contributed by atoms with Gasteiger partial charge >= 0.3 is 0 Å². The average Bonchev–Trinajstić information content (AvgIpc) is 3.48. The second kappa shape index (κ2) is 6.84.